The lowest BCUT2D eigenvalue weighted by Crippen LogP contribution is -2.00. The summed E-state index contributed by atoms with van der Waals surface area (Å²) in [6.07, 6.45) is 1.94. The molecule has 0 saturated heterocycles. The van der Waals surface area contributed by atoms with Gasteiger partial charge < -0.3 is 0 Å². The maximum atomic E-state index is 11.7. The number of hydrogen-bond donors (Lipinski definition) is 0. The summed E-state index contributed by atoms with van der Waals surface area (Å²) in [5.41, 5.74) is 1.51. The molecule has 0 saturated carbocycles. The van der Waals surface area contributed by atoms with Crippen LogP contribution in [0.4, 0.5) is 0 Å². The van der Waals surface area contributed by atoms with Crippen molar-refractivity contribution in [3.8, 4) is 0 Å². The van der Waals surface area contributed by atoms with Gasteiger partial charge >= 0.3 is 0 Å². The average molecular weight is 200 g/mol. The Labute approximate surface area is 88.0 Å². The van der Waals surface area contributed by atoms with Crippen LogP contribution in [0, 0.1) is 0 Å². The zero-order valence-corrected chi connectivity index (χ0v) is 8.60. The van der Waals surface area contributed by atoms with E-state index < -0.39 is 0 Å². The Bertz CT molecular complexity index is 525. The van der Waals surface area contributed by atoms with E-state index in [9.17, 15) is 4.79 Å². The van der Waals surface area contributed by atoms with Gasteiger partial charge in [0.2, 0.25) is 0 Å². The summed E-state index contributed by atoms with van der Waals surface area (Å²) >= 11 is 0. The molecule has 0 atom stereocenters. The SMILES string of the molecule is C=CCC(=O)c1nn(C)c2ccccc12. The molecule has 0 spiro atoms. The van der Waals surface area contributed by atoms with Crippen molar-refractivity contribution in [2.45, 2.75) is 6.42 Å². The first-order valence-electron chi connectivity index (χ1n) is 4.80. The third-order valence-electron chi connectivity index (χ3n) is 2.35. The Morgan fingerprint density at radius 3 is 3.00 bits per heavy atom. The molecule has 3 nitrogen and oxygen atoms in total. The second kappa shape index (κ2) is 3.69. The van der Waals surface area contributed by atoms with E-state index in [-0.39, 0.29) is 5.78 Å². The summed E-state index contributed by atoms with van der Waals surface area (Å²) in [6, 6.07) is 7.71. The van der Waals surface area contributed by atoms with Crippen LogP contribution >= 0.6 is 0 Å². The highest BCUT2D eigenvalue weighted by Gasteiger charge is 2.13. The van der Waals surface area contributed by atoms with E-state index >= 15 is 0 Å². The summed E-state index contributed by atoms with van der Waals surface area (Å²) < 4.78 is 1.73. The monoisotopic (exact) mass is 200 g/mol. The molecule has 0 fully saturated rings. The molecule has 1 aromatic heterocycles. The van der Waals surface area contributed by atoms with Gasteiger partial charge in [0.25, 0.3) is 0 Å². The van der Waals surface area contributed by atoms with Gasteiger partial charge in [0.05, 0.1) is 5.52 Å². The van der Waals surface area contributed by atoms with Crippen LogP contribution in [-0.2, 0) is 7.05 Å². The molecular weight excluding hydrogens is 188 g/mol. The Balaban J connectivity index is 2.61. The maximum absolute atomic E-state index is 11.7. The van der Waals surface area contributed by atoms with Crippen molar-refractivity contribution in [1.82, 2.24) is 9.78 Å². The number of allylic oxidation sites excluding steroid dienone is 1. The van der Waals surface area contributed by atoms with E-state index in [0.29, 0.717) is 12.1 Å². The molecule has 76 valence electrons. The number of aromatic nitrogens is 2. The quantitative estimate of drug-likeness (QED) is 0.563. The van der Waals surface area contributed by atoms with Crippen molar-refractivity contribution >= 4 is 16.7 Å². The molecule has 15 heavy (non-hydrogen) atoms. The number of para-hydroxylation sites is 1. The zero-order chi connectivity index (χ0) is 10.8. The second-order valence-electron chi connectivity index (χ2n) is 3.41. The van der Waals surface area contributed by atoms with Gasteiger partial charge in [-0.2, -0.15) is 5.10 Å². The molecule has 2 aromatic rings. The number of fused-ring (bicyclic) bond motifs is 1. The van der Waals surface area contributed by atoms with E-state index in [2.05, 4.69) is 11.7 Å². The van der Waals surface area contributed by atoms with Gasteiger partial charge in [-0.3, -0.25) is 9.48 Å². The fraction of sp³-hybridized carbons (Fsp3) is 0.167. The van der Waals surface area contributed by atoms with Crippen LogP contribution in [0.15, 0.2) is 36.9 Å². The van der Waals surface area contributed by atoms with E-state index in [1.165, 1.54) is 0 Å². The molecule has 0 aliphatic heterocycles. The van der Waals surface area contributed by atoms with E-state index in [0.717, 1.165) is 10.9 Å². The number of rotatable bonds is 3. The van der Waals surface area contributed by atoms with Crippen LogP contribution in [0.5, 0.6) is 0 Å². The second-order valence-corrected chi connectivity index (χ2v) is 3.41. The van der Waals surface area contributed by atoms with E-state index in [1.807, 2.05) is 31.3 Å². The topological polar surface area (TPSA) is 34.9 Å². The minimum absolute atomic E-state index is 0.0156. The summed E-state index contributed by atoms with van der Waals surface area (Å²) in [4.78, 5) is 11.7. The van der Waals surface area contributed by atoms with Gasteiger partial charge in [-0.1, -0.05) is 24.3 Å². The molecule has 0 N–H and O–H groups in total. The molecule has 2 rings (SSSR count). The smallest absolute Gasteiger partial charge is 0.187 e. The van der Waals surface area contributed by atoms with Gasteiger partial charge in [-0.15, -0.1) is 6.58 Å². The highest BCUT2D eigenvalue weighted by Crippen LogP contribution is 2.18. The minimum Gasteiger partial charge on any atom is -0.292 e. The fourth-order valence-electron chi connectivity index (χ4n) is 1.65. The lowest BCUT2D eigenvalue weighted by atomic mass is 10.1. The van der Waals surface area contributed by atoms with Crippen LogP contribution in [-0.4, -0.2) is 15.6 Å². The molecule has 1 aromatic carbocycles. The lowest BCUT2D eigenvalue weighted by Gasteiger charge is -1.92. The number of nitrogens with zero attached hydrogens (tertiary/aromatic N) is 2. The molecule has 0 unspecified atom stereocenters. The summed E-state index contributed by atoms with van der Waals surface area (Å²) in [6.45, 7) is 3.56. The summed E-state index contributed by atoms with van der Waals surface area (Å²) in [7, 11) is 1.84. The summed E-state index contributed by atoms with van der Waals surface area (Å²) in [5.74, 6) is 0.0156. The molecule has 0 aliphatic carbocycles. The number of carbonyl (C=O) groups excluding carboxylic acids is 1. The molecule has 0 amide bonds. The third kappa shape index (κ3) is 1.56. The van der Waals surface area contributed by atoms with Crippen molar-refractivity contribution < 1.29 is 4.79 Å². The first-order valence-corrected chi connectivity index (χ1v) is 4.80. The highest BCUT2D eigenvalue weighted by atomic mass is 16.1. The molecule has 3 heteroatoms. The summed E-state index contributed by atoms with van der Waals surface area (Å²) in [5, 5.41) is 5.14. The molecular formula is C12H12N2O. The Hall–Kier alpha value is -1.90. The standard InChI is InChI=1S/C12H12N2O/c1-3-6-11(15)12-9-7-4-5-8-10(9)14(2)13-12/h3-5,7-8H,1,6H2,2H3. The van der Waals surface area contributed by atoms with Crippen LogP contribution in [0.25, 0.3) is 10.9 Å². The van der Waals surface area contributed by atoms with Crippen molar-refractivity contribution in [3.05, 3.63) is 42.6 Å². The number of carbonyl (C=O) groups is 1. The number of hydrogen-bond acceptors (Lipinski definition) is 2. The van der Waals surface area contributed by atoms with Crippen molar-refractivity contribution in [2.75, 3.05) is 0 Å². The first kappa shape index (κ1) is 9.65. The first-order chi connectivity index (χ1) is 7.24. The van der Waals surface area contributed by atoms with Crippen LogP contribution in [0.3, 0.4) is 0 Å². The number of benzene rings is 1. The van der Waals surface area contributed by atoms with Gasteiger partial charge in [0.15, 0.2) is 5.78 Å². The fourth-order valence-corrected chi connectivity index (χ4v) is 1.65. The Morgan fingerprint density at radius 2 is 2.27 bits per heavy atom. The normalized spacial score (nSPS) is 10.5. The molecule has 0 bridgehead atoms. The van der Waals surface area contributed by atoms with E-state index in [1.54, 1.807) is 10.8 Å². The molecule has 0 aliphatic rings. The Kier molecular flexibility index (Phi) is 2.37. The predicted octanol–water partition coefficient (Wildman–Crippen LogP) is 2.33. The van der Waals surface area contributed by atoms with Gasteiger partial charge in [-0.05, 0) is 6.07 Å². The van der Waals surface area contributed by atoms with Gasteiger partial charge in [0.1, 0.15) is 5.69 Å². The molecule has 1 heterocycles. The molecule has 0 radical (unpaired) electrons. The van der Waals surface area contributed by atoms with E-state index in [4.69, 9.17) is 0 Å². The zero-order valence-electron chi connectivity index (χ0n) is 8.60. The highest BCUT2D eigenvalue weighted by molar-refractivity contribution is 6.06. The number of ketones is 1. The van der Waals surface area contributed by atoms with Crippen molar-refractivity contribution in [3.63, 3.8) is 0 Å². The minimum atomic E-state index is 0.0156. The van der Waals surface area contributed by atoms with Crippen LogP contribution in [0.2, 0.25) is 0 Å². The van der Waals surface area contributed by atoms with Gasteiger partial charge in [-0.25, -0.2) is 0 Å². The van der Waals surface area contributed by atoms with Crippen LogP contribution in [0.1, 0.15) is 16.9 Å². The average Bonchev–Trinajstić information content (AvgIpc) is 2.58. The number of Topliss-reactive ketones (excluding diaryl/α,β-unsaturated/α-hetero) is 1. The lowest BCUT2D eigenvalue weighted by molar-refractivity contribution is 0.0992. The number of aryl methyl sites for hydroxylation is 1. The van der Waals surface area contributed by atoms with Crippen LogP contribution < -0.4 is 0 Å². The predicted molar refractivity (Wildman–Crippen MR) is 59.9 cm³/mol. The largest absolute Gasteiger partial charge is 0.292 e. The maximum Gasteiger partial charge on any atom is 0.187 e. The van der Waals surface area contributed by atoms with Crippen molar-refractivity contribution in [1.29, 1.82) is 0 Å². The van der Waals surface area contributed by atoms with Crippen molar-refractivity contribution in [2.24, 2.45) is 7.05 Å². The Morgan fingerprint density at radius 1 is 1.53 bits per heavy atom. The van der Waals surface area contributed by atoms with Gasteiger partial charge in [0, 0.05) is 18.9 Å². The third-order valence-corrected chi connectivity index (χ3v) is 2.35.